The van der Waals surface area contributed by atoms with Crippen LogP contribution in [-0.2, 0) is 9.53 Å². The number of nitrogens with one attached hydrogen (secondary N) is 1. The summed E-state index contributed by atoms with van der Waals surface area (Å²) in [5.41, 5.74) is 0.409. The minimum absolute atomic E-state index is 0.0205. The normalized spacial score (nSPS) is 11.3. The Morgan fingerprint density at radius 1 is 1.15 bits per heavy atom. The molecular weight excluding hydrogens is 346 g/mol. The molecule has 1 atom stereocenters. The van der Waals surface area contributed by atoms with Gasteiger partial charge in [-0.05, 0) is 37.3 Å². The molecule has 0 spiro atoms. The molecule has 134 valence electrons. The molecule has 0 heterocycles. The molecule has 1 amide bonds. The van der Waals surface area contributed by atoms with Gasteiger partial charge in [-0.1, -0.05) is 18.2 Å². The van der Waals surface area contributed by atoms with Crippen molar-refractivity contribution >= 4 is 17.6 Å². The van der Waals surface area contributed by atoms with Crippen LogP contribution in [0.5, 0.6) is 5.75 Å². The molecule has 0 radical (unpaired) electrons. The molecule has 0 bridgehead atoms. The van der Waals surface area contributed by atoms with Crippen LogP contribution >= 0.6 is 0 Å². The second-order valence-corrected chi connectivity index (χ2v) is 5.10. The fraction of sp³-hybridized carbons (Fsp3) is 0.167. The minimum Gasteiger partial charge on any atom is -0.449 e. The van der Waals surface area contributed by atoms with Gasteiger partial charge in [-0.25, -0.2) is 4.79 Å². The predicted molar refractivity (Wildman–Crippen MR) is 87.7 cm³/mol. The van der Waals surface area contributed by atoms with Crippen LogP contribution in [0.3, 0.4) is 0 Å². The molecule has 0 aliphatic rings. The molecule has 1 unspecified atom stereocenters. The molecule has 2 aromatic carbocycles. The maximum Gasteiger partial charge on any atom is 0.387 e. The van der Waals surface area contributed by atoms with Gasteiger partial charge in [-0.15, -0.1) is 0 Å². The Labute approximate surface area is 148 Å². The van der Waals surface area contributed by atoms with Gasteiger partial charge >= 0.3 is 12.6 Å². The maximum absolute atomic E-state index is 12.4. The largest absolute Gasteiger partial charge is 0.449 e. The topological polar surface area (TPSA) is 88.4 Å². The number of para-hydroxylation sites is 2. The van der Waals surface area contributed by atoms with Crippen LogP contribution in [-0.4, -0.2) is 24.6 Å². The van der Waals surface area contributed by atoms with Gasteiger partial charge < -0.3 is 14.8 Å². The second-order valence-electron chi connectivity index (χ2n) is 5.10. The van der Waals surface area contributed by atoms with E-state index < -0.39 is 24.6 Å². The number of nitrogens with zero attached hydrogens (tertiary/aromatic N) is 1. The van der Waals surface area contributed by atoms with Crippen LogP contribution in [0.2, 0.25) is 0 Å². The smallest absolute Gasteiger partial charge is 0.387 e. The van der Waals surface area contributed by atoms with Crippen molar-refractivity contribution in [2.75, 3.05) is 5.32 Å². The molecule has 0 saturated carbocycles. The van der Waals surface area contributed by atoms with E-state index in [1.54, 1.807) is 0 Å². The van der Waals surface area contributed by atoms with Crippen LogP contribution < -0.4 is 10.1 Å². The fourth-order valence-corrected chi connectivity index (χ4v) is 2.00. The van der Waals surface area contributed by atoms with Crippen molar-refractivity contribution in [1.29, 1.82) is 5.26 Å². The fourth-order valence-electron chi connectivity index (χ4n) is 2.00. The van der Waals surface area contributed by atoms with Crippen LogP contribution in [0.15, 0.2) is 48.5 Å². The lowest BCUT2D eigenvalue weighted by molar-refractivity contribution is -0.123. The Kier molecular flexibility index (Phi) is 6.22. The van der Waals surface area contributed by atoms with Gasteiger partial charge in [-0.2, -0.15) is 14.0 Å². The number of ether oxygens (including phenoxy) is 2. The number of hydrogen-bond acceptors (Lipinski definition) is 5. The lowest BCUT2D eigenvalue weighted by atomic mass is 10.1. The second kappa shape index (κ2) is 8.58. The Morgan fingerprint density at radius 3 is 2.58 bits per heavy atom. The number of carbonyl (C=O) groups is 2. The molecule has 0 aromatic heterocycles. The molecule has 0 aliphatic carbocycles. The highest BCUT2D eigenvalue weighted by atomic mass is 19.3. The van der Waals surface area contributed by atoms with Gasteiger partial charge in [0.15, 0.2) is 6.10 Å². The van der Waals surface area contributed by atoms with Crippen molar-refractivity contribution in [2.24, 2.45) is 0 Å². The molecule has 6 nitrogen and oxygen atoms in total. The van der Waals surface area contributed by atoms with Gasteiger partial charge in [0.1, 0.15) is 5.75 Å². The number of carbonyl (C=O) groups excluding carboxylic acids is 2. The summed E-state index contributed by atoms with van der Waals surface area (Å²) in [5.74, 6) is -1.72. The molecule has 2 aromatic rings. The number of nitriles is 1. The first kappa shape index (κ1) is 18.9. The van der Waals surface area contributed by atoms with Crippen molar-refractivity contribution in [3.8, 4) is 11.8 Å². The number of halogens is 2. The third kappa shape index (κ3) is 5.01. The zero-order valence-electron chi connectivity index (χ0n) is 13.6. The number of amides is 1. The van der Waals surface area contributed by atoms with E-state index in [0.29, 0.717) is 0 Å². The van der Waals surface area contributed by atoms with Gasteiger partial charge in [0.05, 0.1) is 22.9 Å². The third-order valence-electron chi connectivity index (χ3n) is 3.24. The molecule has 0 fully saturated rings. The van der Waals surface area contributed by atoms with E-state index in [-0.39, 0.29) is 22.6 Å². The standard InChI is InChI=1S/C18H14F2N2O4/c1-11(25-17(24)13-6-4-5-12(9-13)10-21)16(23)22-14-7-2-3-8-15(14)26-18(19)20/h2-9,11,18H,1H3,(H,22,23). The molecule has 26 heavy (non-hydrogen) atoms. The van der Waals surface area contributed by atoms with Crippen molar-refractivity contribution in [1.82, 2.24) is 0 Å². The number of anilines is 1. The SMILES string of the molecule is CC(OC(=O)c1cccc(C#N)c1)C(=O)Nc1ccccc1OC(F)F. The highest BCUT2D eigenvalue weighted by Crippen LogP contribution is 2.25. The van der Waals surface area contributed by atoms with E-state index in [9.17, 15) is 18.4 Å². The highest BCUT2D eigenvalue weighted by molar-refractivity contribution is 5.98. The van der Waals surface area contributed by atoms with Gasteiger partial charge in [0.25, 0.3) is 5.91 Å². The van der Waals surface area contributed by atoms with E-state index >= 15 is 0 Å². The molecule has 0 saturated heterocycles. The van der Waals surface area contributed by atoms with Crippen LogP contribution in [0, 0.1) is 11.3 Å². The lowest BCUT2D eigenvalue weighted by Gasteiger charge is -2.15. The number of alkyl halides is 2. The average molecular weight is 360 g/mol. The third-order valence-corrected chi connectivity index (χ3v) is 3.24. The monoisotopic (exact) mass is 360 g/mol. The van der Waals surface area contributed by atoms with E-state index in [1.165, 1.54) is 55.5 Å². The van der Waals surface area contributed by atoms with Gasteiger partial charge in [0.2, 0.25) is 0 Å². The molecule has 2 rings (SSSR count). The Balaban J connectivity index is 2.04. The van der Waals surface area contributed by atoms with Crippen molar-refractivity contribution in [3.63, 3.8) is 0 Å². The zero-order chi connectivity index (χ0) is 19.1. The first-order chi connectivity index (χ1) is 12.4. The molecular formula is C18H14F2N2O4. The molecule has 0 aliphatic heterocycles. The predicted octanol–water partition coefficient (Wildman–Crippen LogP) is 3.34. The summed E-state index contributed by atoms with van der Waals surface area (Å²) in [6.07, 6.45) is -1.20. The summed E-state index contributed by atoms with van der Waals surface area (Å²) in [4.78, 5) is 24.2. The van der Waals surface area contributed by atoms with Gasteiger partial charge in [-0.3, -0.25) is 4.79 Å². The summed E-state index contributed by atoms with van der Waals surface area (Å²) in [6.45, 7) is -1.71. The number of esters is 1. The average Bonchev–Trinajstić information content (AvgIpc) is 2.62. The summed E-state index contributed by atoms with van der Waals surface area (Å²) >= 11 is 0. The number of benzene rings is 2. The van der Waals surface area contributed by atoms with E-state index in [0.717, 1.165) is 0 Å². The number of hydrogen-bond donors (Lipinski definition) is 1. The van der Waals surface area contributed by atoms with E-state index in [1.807, 2.05) is 6.07 Å². The summed E-state index contributed by atoms with van der Waals surface area (Å²) in [7, 11) is 0. The highest BCUT2D eigenvalue weighted by Gasteiger charge is 2.21. The summed E-state index contributed by atoms with van der Waals surface area (Å²) in [6, 6.07) is 13.3. The quantitative estimate of drug-likeness (QED) is 0.798. The first-order valence-corrected chi connectivity index (χ1v) is 7.46. The zero-order valence-corrected chi connectivity index (χ0v) is 13.6. The van der Waals surface area contributed by atoms with Crippen LogP contribution in [0.25, 0.3) is 0 Å². The van der Waals surface area contributed by atoms with Gasteiger partial charge in [0, 0.05) is 0 Å². The van der Waals surface area contributed by atoms with E-state index in [4.69, 9.17) is 10.00 Å². The Bertz CT molecular complexity index is 849. The Hall–Kier alpha value is -3.47. The van der Waals surface area contributed by atoms with Crippen molar-refractivity contribution in [2.45, 2.75) is 19.6 Å². The summed E-state index contributed by atoms with van der Waals surface area (Å²) < 4.78 is 34.1. The Morgan fingerprint density at radius 2 is 1.88 bits per heavy atom. The minimum atomic E-state index is -3.05. The van der Waals surface area contributed by atoms with E-state index in [2.05, 4.69) is 10.1 Å². The van der Waals surface area contributed by atoms with Crippen LogP contribution in [0.1, 0.15) is 22.8 Å². The maximum atomic E-state index is 12.4. The number of rotatable bonds is 6. The van der Waals surface area contributed by atoms with Crippen molar-refractivity contribution < 1.29 is 27.8 Å². The summed E-state index contributed by atoms with van der Waals surface area (Å²) in [5, 5.41) is 11.2. The van der Waals surface area contributed by atoms with Crippen molar-refractivity contribution in [3.05, 3.63) is 59.7 Å². The lowest BCUT2D eigenvalue weighted by Crippen LogP contribution is -2.30. The first-order valence-electron chi connectivity index (χ1n) is 7.46. The molecule has 8 heteroatoms. The molecule has 1 N–H and O–H groups in total. The van der Waals surface area contributed by atoms with Crippen LogP contribution in [0.4, 0.5) is 14.5 Å².